The van der Waals surface area contributed by atoms with Crippen LogP contribution in [0.1, 0.15) is 59.5 Å². The molecule has 156 valence electrons. The highest BCUT2D eigenvalue weighted by Gasteiger charge is 2.22. The van der Waals surface area contributed by atoms with Crippen LogP contribution in [0.15, 0.2) is 66.0 Å². The summed E-state index contributed by atoms with van der Waals surface area (Å²) in [5.41, 5.74) is 4.37. The normalized spacial score (nSPS) is 12.8. The van der Waals surface area contributed by atoms with E-state index in [0.29, 0.717) is 0 Å². The third-order valence-electron chi connectivity index (χ3n) is 5.10. The Morgan fingerprint density at radius 2 is 1.60 bits per heavy atom. The van der Waals surface area contributed by atoms with Crippen molar-refractivity contribution in [2.24, 2.45) is 0 Å². The average Bonchev–Trinajstić information content (AvgIpc) is 3.26. The molecule has 30 heavy (non-hydrogen) atoms. The van der Waals surface area contributed by atoms with Gasteiger partial charge in [-0.05, 0) is 41.5 Å². The fourth-order valence-corrected chi connectivity index (χ4v) is 4.22. The van der Waals surface area contributed by atoms with E-state index in [1.54, 1.807) is 11.3 Å². The zero-order valence-electron chi connectivity index (χ0n) is 17.6. The van der Waals surface area contributed by atoms with Gasteiger partial charge in [-0.25, -0.2) is 0 Å². The lowest BCUT2D eigenvalue weighted by Gasteiger charge is -2.22. The maximum absolute atomic E-state index is 13.0. The molecule has 0 radical (unpaired) electrons. The van der Waals surface area contributed by atoms with Gasteiger partial charge in [-0.1, -0.05) is 67.1 Å². The molecule has 2 unspecified atom stereocenters. The van der Waals surface area contributed by atoms with Gasteiger partial charge in [0.1, 0.15) is 0 Å². The SMILES string of the molecule is CCc1ccc(C(NC(=O)CC(NC(C)=O)c2ccc(C)cc2)c2cccs2)cc1. The molecule has 3 rings (SSSR count). The summed E-state index contributed by atoms with van der Waals surface area (Å²) in [6.45, 7) is 5.61. The molecule has 2 atom stereocenters. The van der Waals surface area contributed by atoms with E-state index in [2.05, 4.69) is 41.8 Å². The summed E-state index contributed by atoms with van der Waals surface area (Å²) < 4.78 is 0. The predicted molar refractivity (Wildman–Crippen MR) is 122 cm³/mol. The van der Waals surface area contributed by atoms with E-state index >= 15 is 0 Å². The van der Waals surface area contributed by atoms with Crippen molar-refractivity contribution in [2.75, 3.05) is 0 Å². The number of benzene rings is 2. The smallest absolute Gasteiger partial charge is 0.223 e. The second kappa shape index (κ2) is 10.2. The van der Waals surface area contributed by atoms with Crippen LogP contribution in [0.3, 0.4) is 0 Å². The molecule has 2 N–H and O–H groups in total. The second-order valence-electron chi connectivity index (χ2n) is 7.48. The number of rotatable bonds is 8. The van der Waals surface area contributed by atoms with Crippen LogP contribution in [0.25, 0.3) is 0 Å². The minimum atomic E-state index is -0.366. The number of amides is 2. The number of hydrogen-bond donors (Lipinski definition) is 2. The van der Waals surface area contributed by atoms with Crippen LogP contribution < -0.4 is 10.6 Å². The van der Waals surface area contributed by atoms with Gasteiger partial charge < -0.3 is 10.6 Å². The fourth-order valence-electron chi connectivity index (χ4n) is 3.42. The van der Waals surface area contributed by atoms with Crippen molar-refractivity contribution in [2.45, 2.75) is 45.7 Å². The minimum Gasteiger partial charge on any atom is -0.349 e. The van der Waals surface area contributed by atoms with E-state index in [0.717, 1.165) is 28.0 Å². The third kappa shape index (κ3) is 5.80. The van der Waals surface area contributed by atoms with Crippen LogP contribution in [-0.4, -0.2) is 11.8 Å². The van der Waals surface area contributed by atoms with Gasteiger partial charge in [0.15, 0.2) is 0 Å². The van der Waals surface area contributed by atoms with Crippen LogP contribution >= 0.6 is 11.3 Å². The molecule has 0 spiro atoms. The molecule has 1 aromatic heterocycles. The highest BCUT2D eigenvalue weighted by Crippen LogP contribution is 2.27. The van der Waals surface area contributed by atoms with Gasteiger partial charge in [0.25, 0.3) is 0 Å². The average molecular weight is 421 g/mol. The Hall–Kier alpha value is -2.92. The lowest BCUT2D eigenvalue weighted by atomic mass is 10.00. The summed E-state index contributed by atoms with van der Waals surface area (Å²) in [6, 6.07) is 19.7. The summed E-state index contributed by atoms with van der Waals surface area (Å²) in [4.78, 5) is 25.8. The summed E-state index contributed by atoms with van der Waals surface area (Å²) in [7, 11) is 0. The van der Waals surface area contributed by atoms with Crippen LogP contribution in [0, 0.1) is 6.92 Å². The predicted octanol–water partition coefficient (Wildman–Crippen LogP) is 5.09. The van der Waals surface area contributed by atoms with Gasteiger partial charge in [-0.2, -0.15) is 0 Å². The molecule has 1 heterocycles. The van der Waals surface area contributed by atoms with Gasteiger partial charge in [0, 0.05) is 11.8 Å². The first-order valence-corrected chi connectivity index (χ1v) is 11.1. The minimum absolute atomic E-state index is 0.104. The Labute approximate surface area is 182 Å². The first-order chi connectivity index (χ1) is 14.5. The van der Waals surface area contributed by atoms with Gasteiger partial charge in [0.05, 0.1) is 18.5 Å². The molecule has 4 nitrogen and oxygen atoms in total. The van der Waals surface area contributed by atoms with Crippen LogP contribution in [0.4, 0.5) is 0 Å². The van der Waals surface area contributed by atoms with Crippen molar-refractivity contribution in [3.63, 3.8) is 0 Å². The zero-order valence-corrected chi connectivity index (χ0v) is 18.5. The van der Waals surface area contributed by atoms with E-state index in [1.165, 1.54) is 12.5 Å². The molecule has 0 fully saturated rings. The van der Waals surface area contributed by atoms with E-state index in [-0.39, 0.29) is 30.3 Å². The number of nitrogens with one attached hydrogen (secondary N) is 2. The van der Waals surface area contributed by atoms with Crippen molar-refractivity contribution in [1.82, 2.24) is 10.6 Å². The Morgan fingerprint density at radius 1 is 0.933 bits per heavy atom. The van der Waals surface area contributed by atoms with Gasteiger partial charge in [-0.15, -0.1) is 11.3 Å². The molecule has 0 aliphatic carbocycles. The van der Waals surface area contributed by atoms with Gasteiger partial charge in [-0.3, -0.25) is 9.59 Å². The van der Waals surface area contributed by atoms with E-state index < -0.39 is 0 Å². The van der Waals surface area contributed by atoms with Crippen LogP contribution in [-0.2, 0) is 16.0 Å². The zero-order chi connectivity index (χ0) is 21.5. The monoisotopic (exact) mass is 420 g/mol. The van der Waals surface area contributed by atoms with Crippen LogP contribution in [0.5, 0.6) is 0 Å². The third-order valence-corrected chi connectivity index (χ3v) is 6.04. The van der Waals surface area contributed by atoms with Crippen molar-refractivity contribution >= 4 is 23.2 Å². The molecule has 0 saturated heterocycles. The fraction of sp³-hybridized carbons (Fsp3) is 0.280. The second-order valence-corrected chi connectivity index (χ2v) is 8.46. The summed E-state index contributed by atoms with van der Waals surface area (Å²) in [5, 5.41) is 8.11. The van der Waals surface area contributed by atoms with Crippen molar-refractivity contribution in [3.8, 4) is 0 Å². The maximum atomic E-state index is 13.0. The van der Waals surface area contributed by atoms with Crippen molar-refractivity contribution < 1.29 is 9.59 Å². The molecule has 2 aromatic carbocycles. The van der Waals surface area contributed by atoms with Gasteiger partial charge >= 0.3 is 0 Å². The van der Waals surface area contributed by atoms with Crippen molar-refractivity contribution in [1.29, 1.82) is 0 Å². The van der Waals surface area contributed by atoms with Crippen molar-refractivity contribution in [3.05, 3.63) is 93.2 Å². The first kappa shape index (κ1) is 21.8. The molecular formula is C25H28N2O2S. The van der Waals surface area contributed by atoms with E-state index in [4.69, 9.17) is 0 Å². The Balaban J connectivity index is 1.79. The summed E-state index contributed by atoms with van der Waals surface area (Å²) in [5.74, 6) is -0.259. The van der Waals surface area contributed by atoms with Gasteiger partial charge in [0.2, 0.25) is 11.8 Å². The molecule has 0 bridgehead atoms. The molecular weight excluding hydrogens is 392 g/mol. The molecule has 0 aliphatic rings. The quantitative estimate of drug-likeness (QED) is 0.533. The molecule has 0 saturated carbocycles. The van der Waals surface area contributed by atoms with Crippen LogP contribution in [0.2, 0.25) is 0 Å². The van der Waals surface area contributed by atoms with E-state index in [1.807, 2.05) is 48.7 Å². The molecule has 5 heteroatoms. The summed E-state index contributed by atoms with van der Waals surface area (Å²) >= 11 is 1.62. The highest BCUT2D eigenvalue weighted by molar-refractivity contribution is 7.10. The Morgan fingerprint density at radius 3 is 2.17 bits per heavy atom. The number of thiophene rings is 1. The first-order valence-electron chi connectivity index (χ1n) is 10.2. The number of aryl methyl sites for hydroxylation is 2. The number of hydrogen-bond acceptors (Lipinski definition) is 3. The number of carbonyl (C=O) groups excluding carboxylic acids is 2. The summed E-state index contributed by atoms with van der Waals surface area (Å²) in [6.07, 6.45) is 1.16. The molecule has 3 aromatic rings. The number of carbonyl (C=O) groups is 2. The molecule has 0 aliphatic heterocycles. The van der Waals surface area contributed by atoms with E-state index in [9.17, 15) is 9.59 Å². The largest absolute Gasteiger partial charge is 0.349 e. The topological polar surface area (TPSA) is 58.2 Å². The lowest BCUT2D eigenvalue weighted by Crippen LogP contribution is -2.34. The highest BCUT2D eigenvalue weighted by atomic mass is 32.1. The Kier molecular flexibility index (Phi) is 7.41. The lowest BCUT2D eigenvalue weighted by molar-refractivity contribution is -0.123. The Bertz CT molecular complexity index is 963. The standard InChI is InChI=1S/C25H28N2O2S/c1-4-19-9-13-21(14-10-19)25(23-6-5-15-30-23)27-24(29)16-22(26-18(3)28)20-11-7-17(2)8-12-20/h5-15,22,25H,4,16H2,1-3H3,(H,26,28)(H,27,29). The molecule has 2 amide bonds. The maximum Gasteiger partial charge on any atom is 0.223 e.